The average Bonchev–Trinajstić information content (AvgIpc) is 3.26. The molecule has 1 aliphatic carbocycles. The van der Waals surface area contributed by atoms with Crippen LogP contribution in [-0.4, -0.2) is 38.0 Å². The second kappa shape index (κ2) is 6.05. The van der Waals surface area contributed by atoms with Gasteiger partial charge < -0.3 is 10.4 Å². The molecule has 2 rings (SSSR count). The second-order valence-electron chi connectivity index (χ2n) is 5.29. The number of carbonyl (C=O) groups excluding carboxylic acids is 1. The third-order valence-electron chi connectivity index (χ3n) is 3.68. The number of hydrogen-bond donors (Lipinski definition) is 3. The molecule has 0 saturated heterocycles. The van der Waals surface area contributed by atoms with Gasteiger partial charge in [0.25, 0.3) is 0 Å². The molecule has 1 aromatic rings. The van der Waals surface area contributed by atoms with Crippen LogP contribution in [-0.2, 0) is 26.0 Å². The van der Waals surface area contributed by atoms with E-state index in [9.17, 15) is 18.0 Å². The summed E-state index contributed by atoms with van der Waals surface area (Å²) in [5.41, 5.74) is -0.257. The van der Waals surface area contributed by atoms with Crippen LogP contribution in [0.4, 0.5) is 0 Å². The first-order valence-corrected chi connectivity index (χ1v) is 8.34. The van der Waals surface area contributed by atoms with Gasteiger partial charge in [0.1, 0.15) is 5.54 Å². The van der Waals surface area contributed by atoms with Crippen molar-refractivity contribution in [3.05, 3.63) is 29.8 Å². The number of amides is 1. The minimum Gasteiger partial charge on any atom is -0.480 e. The molecule has 1 fully saturated rings. The maximum atomic E-state index is 11.8. The maximum absolute atomic E-state index is 11.8. The summed E-state index contributed by atoms with van der Waals surface area (Å²) in [4.78, 5) is 22.9. The Morgan fingerprint density at radius 1 is 1.23 bits per heavy atom. The van der Waals surface area contributed by atoms with E-state index in [1.54, 1.807) is 12.1 Å². The van der Waals surface area contributed by atoms with E-state index < -0.39 is 21.5 Å². The Morgan fingerprint density at radius 2 is 1.82 bits per heavy atom. The summed E-state index contributed by atoms with van der Waals surface area (Å²) in [6.07, 6.45) is 1.50. The maximum Gasteiger partial charge on any atom is 0.329 e. The molecular weight excluding hydrogens is 308 g/mol. The Bertz CT molecular complexity index is 678. The lowest BCUT2D eigenvalue weighted by Gasteiger charge is -2.12. The van der Waals surface area contributed by atoms with E-state index >= 15 is 0 Å². The van der Waals surface area contributed by atoms with E-state index in [0.717, 1.165) is 5.56 Å². The van der Waals surface area contributed by atoms with Crippen molar-refractivity contribution in [2.45, 2.75) is 36.1 Å². The van der Waals surface area contributed by atoms with Gasteiger partial charge in [0.15, 0.2) is 0 Å². The molecule has 120 valence electrons. The molecule has 0 bridgehead atoms. The second-order valence-corrected chi connectivity index (χ2v) is 7.17. The number of carboxylic acid groups (broad SMARTS) is 1. The van der Waals surface area contributed by atoms with Crippen molar-refractivity contribution in [3.8, 4) is 0 Å². The predicted octanol–water partition coefficient (Wildman–Crippen LogP) is 0.261. The Labute approximate surface area is 128 Å². The van der Waals surface area contributed by atoms with Crippen molar-refractivity contribution in [2.75, 3.05) is 7.05 Å². The normalized spacial score (nSPS) is 16.0. The van der Waals surface area contributed by atoms with Crippen molar-refractivity contribution in [3.63, 3.8) is 0 Å². The summed E-state index contributed by atoms with van der Waals surface area (Å²) < 4.78 is 25.4. The zero-order chi connectivity index (χ0) is 16.4. The highest BCUT2D eigenvalue weighted by Crippen LogP contribution is 2.35. The highest BCUT2D eigenvalue weighted by atomic mass is 32.2. The highest BCUT2D eigenvalue weighted by Gasteiger charge is 2.51. The molecule has 7 nitrogen and oxygen atoms in total. The molecule has 0 heterocycles. The van der Waals surface area contributed by atoms with Crippen LogP contribution in [0.5, 0.6) is 0 Å². The Kier molecular flexibility index (Phi) is 4.52. The summed E-state index contributed by atoms with van der Waals surface area (Å²) in [6, 6.07) is 6.22. The Balaban J connectivity index is 1.90. The third kappa shape index (κ3) is 3.63. The van der Waals surface area contributed by atoms with Crippen LogP contribution in [0.25, 0.3) is 0 Å². The van der Waals surface area contributed by atoms with Crippen LogP contribution in [0.2, 0.25) is 0 Å². The molecule has 0 aliphatic heterocycles. The molecule has 1 aromatic carbocycles. The van der Waals surface area contributed by atoms with Crippen molar-refractivity contribution < 1.29 is 23.1 Å². The van der Waals surface area contributed by atoms with Crippen LogP contribution in [0.1, 0.15) is 24.8 Å². The van der Waals surface area contributed by atoms with Gasteiger partial charge in [0, 0.05) is 6.42 Å². The molecule has 22 heavy (non-hydrogen) atoms. The predicted molar refractivity (Wildman–Crippen MR) is 78.8 cm³/mol. The number of carboxylic acids is 1. The minimum atomic E-state index is -3.47. The van der Waals surface area contributed by atoms with Gasteiger partial charge >= 0.3 is 5.97 Å². The lowest BCUT2D eigenvalue weighted by Crippen LogP contribution is -2.43. The topological polar surface area (TPSA) is 113 Å². The summed E-state index contributed by atoms with van der Waals surface area (Å²) in [5, 5.41) is 11.5. The summed E-state index contributed by atoms with van der Waals surface area (Å²) in [7, 11) is -2.13. The smallest absolute Gasteiger partial charge is 0.329 e. The fourth-order valence-electron chi connectivity index (χ4n) is 2.06. The van der Waals surface area contributed by atoms with Gasteiger partial charge in [-0.2, -0.15) is 0 Å². The number of sulfonamides is 1. The van der Waals surface area contributed by atoms with Gasteiger partial charge in [-0.25, -0.2) is 17.9 Å². The third-order valence-corrected chi connectivity index (χ3v) is 5.11. The number of aryl methyl sites for hydroxylation is 1. The highest BCUT2D eigenvalue weighted by molar-refractivity contribution is 7.89. The van der Waals surface area contributed by atoms with Crippen LogP contribution in [0, 0.1) is 0 Å². The van der Waals surface area contributed by atoms with Crippen molar-refractivity contribution in [2.24, 2.45) is 0 Å². The first-order chi connectivity index (χ1) is 10.3. The van der Waals surface area contributed by atoms with Gasteiger partial charge in [-0.3, -0.25) is 4.79 Å². The van der Waals surface area contributed by atoms with Gasteiger partial charge in [-0.05, 0) is 44.0 Å². The first-order valence-electron chi connectivity index (χ1n) is 6.86. The van der Waals surface area contributed by atoms with Crippen LogP contribution < -0.4 is 10.0 Å². The quantitative estimate of drug-likeness (QED) is 0.665. The van der Waals surface area contributed by atoms with Gasteiger partial charge in [-0.15, -0.1) is 0 Å². The van der Waals surface area contributed by atoms with Gasteiger partial charge in [0.2, 0.25) is 15.9 Å². The molecule has 0 atom stereocenters. The zero-order valence-electron chi connectivity index (χ0n) is 12.1. The summed E-state index contributed by atoms with van der Waals surface area (Å²) >= 11 is 0. The number of benzene rings is 1. The van der Waals surface area contributed by atoms with Crippen molar-refractivity contribution in [1.29, 1.82) is 0 Å². The molecule has 0 unspecified atom stereocenters. The molecule has 0 aromatic heterocycles. The lowest BCUT2D eigenvalue weighted by molar-refractivity contribution is -0.143. The number of carbonyl (C=O) groups is 2. The Hall–Kier alpha value is -1.93. The molecular formula is C14H18N2O5S. The van der Waals surface area contributed by atoms with Crippen LogP contribution >= 0.6 is 0 Å². The molecule has 0 radical (unpaired) electrons. The number of hydrogen-bond acceptors (Lipinski definition) is 4. The van der Waals surface area contributed by atoms with Crippen LogP contribution in [0.3, 0.4) is 0 Å². The fourth-order valence-corrected chi connectivity index (χ4v) is 2.79. The summed E-state index contributed by atoms with van der Waals surface area (Å²) in [6.45, 7) is 0. The zero-order valence-corrected chi connectivity index (χ0v) is 12.9. The van der Waals surface area contributed by atoms with Gasteiger partial charge in [-0.1, -0.05) is 12.1 Å². The number of aliphatic carboxylic acids is 1. The molecule has 1 aliphatic rings. The summed E-state index contributed by atoms with van der Waals surface area (Å²) in [5.74, 6) is -1.31. The van der Waals surface area contributed by atoms with Crippen molar-refractivity contribution >= 4 is 21.9 Å². The Morgan fingerprint density at radius 3 is 2.27 bits per heavy atom. The molecule has 3 N–H and O–H groups in total. The minimum absolute atomic E-state index is 0.158. The van der Waals surface area contributed by atoms with E-state index in [0.29, 0.717) is 19.3 Å². The molecule has 0 spiro atoms. The molecule has 8 heteroatoms. The average molecular weight is 326 g/mol. The standard InChI is InChI=1S/C14H18N2O5S/c1-15-22(20,21)11-5-2-10(3-6-11)4-7-12(17)16-14(8-9-14)13(18)19/h2-3,5-6,15H,4,7-9H2,1H3,(H,16,17)(H,18,19). The van der Waals surface area contributed by atoms with Crippen LogP contribution in [0.15, 0.2) is 29.2 Å². The monoisotopic (exact) mass is 326 g/mol. The van der Waals surface area contributed by atoms with Gasteiger partial charge in [0.05, 0.1) is 4.90 Å². The van der Waals surface area contributed by atoms with Crippen molar-refractivity contribution in [1.82, 2.24) is 10.0 Å². The SMILES string of the molecule is CNS(=O)(=O)c1ccc(CCC(=O)NC2(C(=O)O)CC2)cc1. The molecule has 1 amide bonds. The largest absolute Gasteiger partial charge is 0.480 e. The van der Waals surface area contributed by atoms with E-state index in [1.807, 2.05) is 0 Å². The van der Waals surface area contributed by atoms with E-state index in [4.69, 9.17) is 5.11 Å². The van der Waals surface area contributed by atoms with E-state index in [1.165, 1.54) is 19.2 Å². The first kappa shape index (κ1) is 16.4. The number of rotatable bonds is 7. The lowest BCUT2D eigenvalue weighted by atomic mass is 10.1. The molecule has 1 saturated carbocycles. The van der Waals surface area contributed by atoms with E-state index in [2.05, 4.69) is 10.0 Å². The van der Waals surface area contributed by atoms with E-state index in [-0.39, 0.29) is 17.2 Å². The fraction of sp³-hybridized carbons (Fsp3) is 0.429. The number of nitrogens with one attached hydrogen (secondary N) is 2.